The number of hydrogen-bond donors (Lipinski definition) is 2. The molecule has 1 atom stereocenters. The number of rotatable bonds is 6. The third-order valence-corrected chi connectivity index (χ3v) is 5.40. The maximum Gasteiger partial charge on any atom is 0.191 e. The van der Waals surface area contributed by atoms with Crippen LogP contribution in [0.25, 0.3) is 0 Å². The van der Waals surface area contributed by atoms with Crippen molar-refractivity contribution in [3.8, 4) is 5.75 Å². The van der Waals surface area contributed by atoms with E-state index in [1.165, 1.54) is 0 Å². The second-order valence-electron chi connectivity index (χ2n) is 6.25. The molecule has 2 N–H and O–H groups in total. The molecule has 1 fully saturated rings. The summed E-state index contributed by atoms with van der Waals surface area (Å²) in [5, 5.41) is 6.38. The molecule has 0 bridgehead atoms. The van der Waals surface area contributed by atoms with Crippen LogP contribution < -0.4 is 15.4 Å². The Morgan fingerprint density at radius 2 is 2.00 bits per heavy atom. The highest BCUT2D eigenvalue weighted by Gasteiger charge is 2.28. The van der Waals surface area contributed by atoms with Gasteiger partial charge in [-0.1, -0.05) is 12.1 Å². The van der Waals surface area contributed by atoms with E-state index in [2.05, 4.69) is 15.6 Å². The standard InChI is InChI=1S/C17H27N3O3S.HI/c1-4-18-17(20-15-9-10-24(21,22)12-15)19-11-14-5-7-16(8-6-14)23-13(2)3;/h5-8,13,15H,4,9-12H2,1-3H3,(H2,18,19,20);1H. The van der Waals surface area contributed by atoms with Gasteiger partial charge in [0.05, 0.1) is 24.2 Å². The van der Waals surface area contributed by atoms with Crippen LogP contribution in [0.1, 0.15) is 32.8 Å². The smallest absolute Gasteiger partial charge is 0.191 e. The van der Waals surface area contributed by atoms with Gasteiger partial charge in [0, 0.05) is 12.6 Å². The van der Waals surface area contributed by atoms with Crippen molar-refractivity contribution in [2.45, 2.75) is 45.9 Å². The van der Waals surface area contributed by atoms with Gasteiger partial charge in [-0.15, -0.1) is 24.0 Å². The van der Waals surface area contributed by atoms with Crippen molar-refractivity contribution in [3.63, 3.8) is 0 Å². The van der Waals surface area contributed by atoms with Crippen LogP contribution in [-0.2, 0) is 16.4 Å². The molecule has 1 aromatic carbocycles. The fraction of sp³-hybridized carbons (Fsp3) is 0.588. The Morgan fingerprint density at radius 3 is 2.52 bits per heavy atom. The zero-order chi connectivity index (χ0) is 17.6. The molecule has 0 aliphatic carbocycles. The third-order valence-electron chi connectivity index (χ3n) is 3.63. The van der Waals surface area contributed by atoms with Crippen molar-refractivity contribution in [1.29, 1.82) is 0 Å². The number of halogens is 1. The molecular formula is C17H28IN3O3S. The van der Waals surface area contributed by atoms with Gasteiger partial charge in [0.15, 0.2) is 15.8 Å². The van der Waals surface area contributed by atoms with Gasteiger partial charge in [0.1, 0.15) is 5.75 Å². The lowest BCUT2D eigenvalue weighted by Crippen LogP contribution is -2.44. The van der Waals surface area contributed by atoms with Crippen LogP contribution in [-0.4, -0.2) is 44.6 Å². The minimum Gasteiger partial charge on any atom is -0.491 e. The first-order valence-corrected chi connectivity index (χ1v) is 10.2. The monoisotopic (exact) mass is 481 g/mol. The summed E-state index contributed by atoms with van der Waals surface area (Å²) in [7, 11) is -2.90. The van der Waals surface area contributed by atoms with Gasteiger partial charge in [0.2, 0.25) is 0 Å². The number of ether oxygens (including phenoxy) is 1. The van der Waals surface area contributed by atoms with Crippen LogP contribution >= 0.6 is 24.0 Å². The molecule has 0 aromatic heterocycles. The average Bonchev–Trinajstić information content (AvgIpc) is 2.85. The molecule has 1 saturated heterocycles. The van der Waals surface area contributed by atoms with Crippen molar-refractivity contribution in [2.24, 2.45) is 4.99 Å². The molecule has 1 heterocycles. The average molecular weight is 481 g/mol. The first kappa shape index (κ1) is 22.0. The normalized spacial score (nSPS) is 19.4. The highest BCUT2D eigenvalue weighted by molar-refractivity contribution is 14.0. The Kier molecular flexibility index (Phi) is 8.98. The number of guanidine groups is 1. The molecule has 25 heavy (non-hydrogen) atoms. The molecule has 0 radical (unpaired) electrons. The zero-order valence-corrected chi connectivity index (χ0v) is 18.1. The SMILES string of the molecule is CCNC(=NCc1ccc(OC(C)C)cc1)NC1CCS(=O)(=O)C1.I. The maximum atomic E-state index is 11.6. The highest BCUT2D eigenvalue weighted by Crippen LogP contribution is 2.14. The number of nitrogens with zero attached hydrogens (tertiary/aromatic N) is 1. The summed E-state index contributed by atoms with van der Waals surface area (Å²) in [6, 6.07) is 7.80. The van der Waals surface area contributed by atoms with Gasteiger partial charge in [0.25, 0.3) is 0 Å². The first-order chi connectivity index (χ1) is 11.4. The molecule has 0 spiro atoms. The third kappa shape index (κ3) is 7.81. The minimum atomic E-state index is -2.90. The van der Waals surface area contributed by atoms with E-state index in [1.807, 2.05) is 45.0 Å². The van der Waals surface area contributed by atoms with Gasteiger partial charge in [-0.2, -0.15) is 0 Å². The van der Waals surface area contributed by atoms with Crippen LogP contribution in [0.3, 0.4) is 0 Å². The van der Waals surface area contributed by atoms with Gasteiger partial charge in [-0.25, -0.2) is 13.4 Å². The van der Waals surface area contributed by atoms with E-state index in [-0.39, 0.29) is 47.6 Å². The predicted octanol–water partition coefficient (Wildman–Crippen LogP) is 2.33. The second-order valence-corrected chi connectivity index (χ2v) is 8.48. The number of hydrogen-bond acceptors (Lipinski definition) is 4. The molecule has 1 aliphatic heterocycles. The van der Waals surface area contributed by atoms with E-state index in [0.717, 1.165) is 17.9 Å². The van der Waals surface area contributed by atoms with Crippen LogP contribution in [0.2, 0.25) is 0 Å². The number of nitrogens with one attached hydrogen (secondary N) is 2. The summed E-state index contributed by atoms with van der Waals surface area (Å²) in [6.45, 7) is 7.23. The predicted molar refractivity (Wildman–Crippen MR) is 113 cm³/mol. The number of aliphatic imine (C=N–C) groups is 1. The van der Waals surface area contributed by atoms with E-state index in [9.17, 15) is 8.42 Å². The molecule has 1 aromatic rings. The Hall–Kier alpha value is -1.03. The largest absolute Gasteiger partial charge is 0.491 e. The van der Waals surface area contributed by atoms with Crippen LogP contribution in [0.5, 0.6) is 5.75 Å². The fourth-order valence-corrected chi connectivity index (χ4v) is 4.21. The van der Waals surface area contributed by atoms with Crippen molar-refractivity contribution in [2.75, 3.05) is 18.1 Å². The molecule has 0 amide bonds. The van der Waals surface area contributed by atoms with Crippen molar-refractivity contribution in [3.05, 3.63) is 29.8 Å². The lowest BCUT2D eigenvalue weighted by atomic mass is 10.2. The maximum absolute atomic E-state index is 11.6. The molecule has 6 nitrogen and oxygen atoms in total. The Balaban J connectivity index is 0.00000312. The summed E-state index contributed by atoms with van der Waals surface area (Å²) in [5.74, 6) is 1.93. The summed E-state index contributed by atoms with van der Waals surface area (Å²) >= 11 is 0. The van der Waals surface area contributed by atoms with Gasteiger partial charge in [-0.3, -0.25) is 0 Å². The minimum absolute atomic E-state index is 0. The summed E-state index contributed by atoms with van der Waals surface area (Å²) in [5.41, 5.74) is 1.07. The quantitative estimate of drug-likeness (QED) is 0.371. The van der Waals surface area contributed by atoms with Crippen molar-refractivity contribution < 1.29 is 13.2 Å². The Morgan fingerprint density at radius 1 is 1.32 bits per heavy atom. The zero-order valence-electron chi connectivity index (χ0n) is 15.0. The van der Waals surface area contributed by atoms with Crippen LogP contribution in [0, 0.1) is 0 Å². The fourth-order valence-electron chi connectivity index (χ4n) is 2.54. The van der Waals surface area contributed by atoms with Crippen molar-refractivity contribution in [1.82, 2.24) is 10.6 Å². The molecular weight excluding hydrogens is 453 g/mol. The highest BCUT2D eigenvalue weighted by atomic mass is 127. The number of benzene rings is 1. The summed E-state index contributed by atoms with van der Waals surface area (Å²) in [6.07, 6.45) is 0.787. The van der Waals surface area contributed by atoms with Crippen LogP contribution in [0.4, 0.5) is 0 Å². The topological polar surface area (TPSA) is 79.8 Å². The molecule has 2 rings (SSSR count). The van der Waals surface area contributed by atoms with Crippen LogP contribution in [0.15, 0.2) is 29.3 Å². The lowest BCUT2D eigenvalue weighted by Gasteiger charge is -2.16. The summed E-state index contributed by atoms with van der Waals surface area (Å²) < 4.78 is 28.7. The van der Waals surface area contributed by atoms with E-state index < -0.39 is 9.84 Å². The van der Waals surface area contributed by atoms with Gasteiger partial charge in [-0.05, 0) is 44.9 Å². The van der Waals surface area contributed by atoms with Gasteiger partial charge < -0.3 is 15.4 Å². The van der Waals surface area contributed by atoms with E-state index in [1.54, 1.807) is 0 Å². The Labute approximate surface area is 167 Å². The molecule has 142 valence electrons. The van der Waals surface area contributed by atoms with E-state index in [0.29, 0.717) is 18.9 Å². The molecule has 1 unspecified atom stereocenters. The molecule has 1 aliphatic rings. The van der Waals surface area contributed by atoms with Crippen molar-refractivity contribution >= 4 is 39.8 Å². The lowest BCUT2D eigenvalue weighted by molar-refractivity contribution is 0.242. The second kappa shape index (κ2) is 10.2. The number of sulfone groups is 1. The molecule has 0 saturated carbocycles. The molecule has 8 heteroatoms. The summed E-state index contributed by atoms with van der Waals surface area (Å²) in [4.78, 5) is 4.54. The van der Waals surface area contributed by atoms with E-state index >= 15 is 0 Å². The van der Waals surface area contributed by atoms with Gasteiger partial charge >= 0.3 is 0 Å². The Bertz CT molecular complexity index is 660. The van der Waals surface area contributed by atoms with E-state index in [4.69, 9.17) is 4.74 Å². The first-order valence-electron chi connectivity index (χ1n) is 8.39.